The van der Waals surface area contributed by atoms with Crippen LogP contribution in [0.5, 0.6) is 0 Å². The van der Waals surface area contributed by atoms with E-state index in [0.29, 0.717) is 19.5 Å². The monoisotopic (exact) mass is 272 g/mol. The molecule has 0 saturated carbocycles. The summed E-state index contributed by atoms with van der Waals surface area (Å²) in [5, 5.41) is 20.8. The van der Waals surface area contributed by atoms with E-state index in [4.69, 9.17) is 10.2 Å². The van der Waals surface area contributed by atoms with E-state index in [1.807, 2.05) is 6.92 Å². The Balaban J connectivity index is 2.39. The maximum atomic E-state index is 11.9. The number of carbonyl (C=O) groups excluding carboxylic acids is 1. The molecule has 1 aliphatic heterocycles. The third-order valence-corrected chi connectivity index (χ3v) is 3.55. The van der Waals surface area contributed by atoms with Crippen molar-refractivity contribution in [2.45, 2.75) is 32.6 Å². The maximum absolute atomic E-state index is 11.9. The van der Waals surface area contributed by atoms with E-state index in [9.17, 15) is 9.59 Å². The molecule has 2 unspecified atom stereocenters. The van der Waals surface area contributed by atoms with Crippen LogP contribution in [0.3, 0.4) is 0 Å². The minimum Gasteiger partial charge on any atom is -0.481 e. The van der Waals surface area contributed by atoms with Gasteiger partial charge in [-0.05, 0) is 25.2 Å². The standard InChI is InChI=1S/C13H24N2O4/c1-2-4-11(12(17)18)7-14-13(19)15-6-3-5-10(8-15)9-16/h10-11,16H,2-9H2,1H3,(H,14,19)(H,17,18). The van der Waals surface area contributed by atoms with Gasteiger partial charge in [0.25, 0.3) is 0 Å². The van der Waals surface area contributed by atoms with Gasteiger partial charge in [-0.1, -0.05) is 13.3 Å². The average molecular weight is 272 g/mol. The summed E-state index contributed by atoms with van der Waals surface area (Å²) < 4.78 is 0. The largest absolute Gasteiger partial charge is 0.481 e. The number of carbonyl (C=O) groups is 2. The lowest BCUT2D eigenvalue weighted by atomic mass is 9.99. The van der Waals surface area contributed by atoms with Crippen molar-refractivity contribution in [2.24, 2.45) is 11.8 Å². The molecule has 1 rings (SSSR count). The third kappa shape index (κ3) is 5.06. The molecular weight excluding hydrogens is 248 g/mol. The molecule has 1 aliphatic rings. The molecule has 0 aromatic rings. The first-order valence-corrected chi connectivity index (χ1v) is 6.94. The molecule has 0 bridgehead atoms. The number of urea groups is 1. The molecule has 6 heteroatoms. The molecule has 2 amide bonds. The fraction of sp³-hybridized carbons (Fsp3) is 0.846. The number of amides is 2. The van der Waals surface area contributed by atoms with Gasteiger partial charge in [0, 0.05) is 26.2 Å². The number of piperidine rings is 1. The first kappa shape index (κ1) is 15.8. The van der Waals surface area contributed by atoms with E-state index >= 15 is 0 Å². The van der Waals surface area contributed by atoms with E-state index in [1.54, 1.807) is 4.90 Å². The zero-order valence-corrected chi connectivity index (χ0v) is 11.5. The normalized spacial score (nSPS) is 20.9. The summed E-state index contributed by atoms with van der Waals surface area (Å²) in [5.74, 6) is -1.24. The van der Waals surface area contributed by atoms with Crippen LogP contribution in [0.25, 0.3) is 0 Å². The fourth-order valence-corrected chi connectivity index (χ4v) is 2.38. The molecule has 0 aromatic carbocycles. The quantitative estimate of drug-likeness (QED) is 0.670. The second-order valence-corrected chi connectivity index (χ2v) is 5.15. The van der Waals surface area contributed by atoms with E-state index in [-0.39, 0.29) is 25.1 Å². The summed E-state index contributed by atoms with van der Waals surface area (Å²) in [6.45, 7) is 3.41. The van der Waals surface area contributed by atoms with Crippen molar-refractivity contribution < 1.29 is 19.8 Å². The molecule has 110 valence electrons. The highest BCUT2D eigenvalue weighted by Gasteiger charge is 2.24. The van der Waals surface area contributed by atoms with Crippen LogP contribution in [0.2, 0.25) is 0 Å². The number of hydrogen-bond donors (Lipinski definition) is 3. The number of aliphatic hydroxyl groups excluding tert-OH is 1. The van der Waals surface area contributed by atoms with Gasteiger partial charge in [-0.3, -0.25) is 4.79 Å². The SMILES string of the molecule is CCCC(CNC(=O)N1CCCC(CO)C1)C(=O)O. The van der Waals surface area contributed by atoms with Crippen molar-refractivity contribution >= 4 is 12.0 Å². The third-order valence-electron chi connectivity index (χ3n) is 3.55. The van der Waals surface area contributed by atoms with Gasteiger partial charge in [0.15, 0.2) is 0 Å². The number of carboxylic acid groups (broad SMARTS) is 1. The topological polar surface area (TPSA) is 89.9 Å². The van der Waals surface area contributed by atoms with Gasteiger partial charge < -0.3 is 20.4 Å². The zero-order chi connectivity index (χ0) is 14.3. The number of aliphatic carboxylic acids is 1. The van der Waals surface area contributed by atoms with Gasteiger partial charge in [0.2, 0.25) is 0 Å². The Kier molecular flexibility index (Phi) is 6.62. The number of carboxylic acids is 1. The smallest absolute Gasteiger partial charge is 0.317 e. The minimum absolute atomic E-state index is 0.0946. The van der Waals surface area contributed by atoms with Crippen LogP contribution in [-0.4, -0.2) is 53.4 Å². The van der Waals surface area contributed by atoms with Crippen molar-refractivity contribution in [2.75, 3.05) is 26.2 Å². The molecule has 1 fully saturated rings. The van der Waals surface area contributed by atoms with Crippen LogP contribution < -0.4 is 5.32 Å². The second-order valence-electron chi connectivity index (χ2n) is 5.15. The Morgan fingerprint density at radius 2 is 2.21 bits per heavy atom. The number of hydrogen-bond acceptors (Lipinski definition) is 3. The number of aliphatic hydroxyl groups is 1. The summed E-state index contributed by atoms with van der Waals surface area (Å²) >= 11 is 0. The van der Waals surface area contributed by atoms with Crippen LogP contribution in [-0.2, 0) is 4.79 Å². The van der Waals surface area contributed by atoms with Gasteiger partial charge in [-0.25, -0.2) is 4.79 Å². The second kappa shape index (κ2) is 7.99. The van der Waals surface area contributed by atoms with Crippen molar-refractivity contribution in [3.63, 3.8) is 0 Å². The number of rotatable bonds is 6. The molecule has 0 aromatic heterocycles. The van der Waals surface area contributed by atoms with Crippen molar-refractivity contribution in [3.05, 3.63) is 0 Å². The molecule has 19 heavy (non-hydrogen) atoms. The summed E-state index contributed by atoms with van der Waals surface area (Å²) in [6, 6.07) is -0.222. The van der Waals surface area contributed by atoms with Crippen LogP contribution >= 0.6 is 0 Å². The fourth-order valence-electron chi connectivity index (χ4n) is 2.38. The van der Waals surface area contributed by atoms with Crippen molar-refractivity contribution in [1.82, 2.24) is 10.2 Å². The number of nitrogens with zero attached hydrogens (tertiary/aromatic N) is 1. The summed E-state index contributed by atoms with van der Waals surface area (Å²) in [4.78, 5) is 24.6. The Hall–Kier alpha value is -1.30. The van der Waals surface area contributed by atoms with Crippen molar-refractivity contribution in [1.29, 1.82) is 0 Å². The first-order valence-electron chi connectivity index (χ1n) is 6.94. The van der Waals surface area contributed by atoms with Crippen LogP contribution in [0.1, 0.15) is 32.6 Å². The molecule has 1 heterocycles. The minimum atomic E-state index is -0.867. The Morgan fingerprint density at radius 1 is 1.47 bits per heavy atom. The highest BCUT2D eigenvalue weighted by Crippen LogP contribution is 2.15. The van der Waals surface area contributed by atoms with E-state index < -0.39 is 11.9 Å². The maximum Gasteiger partial charge on any atom is 0.317 e. The lowest BCUT2D eigenvalue weighted by Crippen LogP contribution is -2.47. The van der Waals surface area contributed by atoms with Crippen molar-refractivity contribution in [3.8, 4) is 0 Å². The molecule has 3 N–H and O–H groups in total. The Morgan fingerprint density at radius 3 is 2.79 bits per heavy atom. The van der Waals surface area contributed by atoms with Crippen LogP contribution in [0, 0.1) is 11.8 Å². The molecule has 0 radical (unpaired) electrons. The molecule has 0 aliphatic carbocycles. The van der Waals surface area contributed by atoms with Crippen LogP contribution in [0.4, 0.5) is 4.79 Å². The van der Waals surface area contributed by atoms with Gasteiger partial charge in [0.05, 0.1) is 5.92 Å². The highest BCUT2D eigenvalue weighted by molar-refractivity contribution is 5.76. The molecule has 0 spiro atoms. The van der Waals surface area contributed by atoms with E-state index in [0.717, 1.165) is 19.3 Å². The van der Waals surface area contributed by atoms with Gasteiger partial charge in [0.1, 0.15) is 0 Å². The summed E-state index contributed by atoms with van der Waals surface area (Å²) in [7, 11) is 0. The highest BCUT2D eigenvalue weighted by atomic mass is 16.4. The van der Waals surface area contributed by atoms with Gasteiger partial charge >= 0.3 is 12.0 Å². The lowest BCUT2D eigenvalue weighted by Gasteiger charge is -2.32. The summed E-state index contributed by atoms with van der Waals surface area (Å²) in [6.07, 6.45) is 3.17. The number of nitrogens with one attached hydrogen (secondary N) is 1. The number of likely N-dealkylation sites (tertiary alicyclic amines) is 1. The van der Waals surface area contributed by atoms with Crippen LogP contribution in [0.15, 0.2) is 0 Å². The Labute approximate surface area is 113 Å². The molecule has 1 saturated heterocycles. The van der Waals surface area contributed by atoms with E-state index in [1.165, 1.54) is 0 Å². The summed E-state index contributed by atoms with van der Waals surface area (Å²) in [5.41, 5.74) is 0. The van der Waals surface area contributed by atoms with E-state index in [2.05, 4.69) is 5.32 Å². The zero-order valence-electron chi connectivity index (χ0n) is 11.5. The predicted octanol–water partition coefficient (Wildman–Crippen LogP) is 0.901. The molecule has 2 atom stereocenters. The Bertz CT molecular complexity index is 309. The van der Waals surface area contributed by atoms with Gasteiger partial charge in [-0.2, -0.15) is 0 Å². The lowest BCUT2D eigenvalue weighted by molar-refractivity contribution is -0.141. The average Bonchev–Trinajstić information content (AvgIpc) is 2.42. The first-order chi connectivity index (χ1) is 9.08. The van der Waals surface area contributed by atoms with Gasteiger partial charge in [-0.15, -0.1) is 0 Å². The molecule has 6 nitrogen and oxygen atoms in total. The molecular formula is C13H24N2O4. The predicted molar refractivity (Wildman–Crippen MR) is 70.8 cm³/mol.